The van der Waals surface area contributed by atoms with Gasteiger partial charge in [0.2, 0.25) is 11.8 Å². The smallest absolute Gasteiger partial charge is 0.245 e. The number of hydrogen-bond donors (Lipinski definition) is 5. The van der Waals surface area contributed by atoms with Gasteiger partial charge in [-0.25, -0.2) is 0 Å². The molecule has 1 rings (SSSR count). The molecule has 8 nitrogen and oxygen atoms in total. The van der Waals surface area contributed by atoms with E-state index in [1.54, 1.807) is 0 Å². The zero-order valence-corrected chi connectivity index (χ0v) is 15.9. The standard InChI is InChI=1S/C17H28N4O4S/c1-10(22)13(6-8-19)20-17(25)15(11(2)23)21-16(24)12(5-7-18)14-4-3-9-26-14/h3-4,9,11-13,15,23H,5-8,18-19H2,1-2H3,(H,20,25)(H,21,24)/t11?,12?,13-,15-/m0/s1. The number of hydrogen-bond acceptors (Lipinski definition) is 7. The minimum atomic E-state index is -1.18. The van der Waals surface area contributed by atoms with Crippen LogP contribution >= 0.6 is 11.3 Å². The van der Waals surface area contributed by atoms with Crippen LogP contribution in [0.1, 0.15) is 37.5 Å². The van der Waals surface area contributed by atoms with Gasteiger partial charge < -0.3 is 27.2 Å². The van der Waals surface area contributed by atoms with Gasteiger partial charge in [-0.15, -0.1) is 11.3 Å². The molecule has 26 heavy (non-hydrogen) atoms. The van der Waals surface area contributed by atoms with Crippen LogP contribution < -0.4 is 22.1 Å². The molecule has 0 saturated carbocycles. The molecule has 0 fully saturated rings. The van der Waals surface area contributed by atoms with Crippen LogP contribution in [0.4, 0.5) is 0 Å². The first-order valence-electron chi connectivity index (χ1n) is 8.54. The lowest BCUT2D eigenvalue weighted by molar-refractivity contribution is -0.134. The van der Waals surface area contributed by atoms with E-state index in [1.807, 2.05) is 17.5 Å². The molecule has 0 aliphatic rings. The summed E-state index contributed by atoms with van der Waals surface area (Å²) in [5.74, 6) is -1.75. The molecule has 1 aromatic rings. The normalized spacial score (nSPS) is 15.6. The Kier molecular flexibility index (Phi) is 9.42. The number of aliphatic hydroxyl groups excluding tert-OH is 1. The molecule has 0 aromatic carbocycles. The molecule has 0 radical (unpaired) electrons. The van der Waals surface area contributed by atoms with Crippen molar-refractivity contribution in [1.29, 1.82) is 0 Å². The highest BCUT2D eigenvalue weighted by atomic mass is 32.1. The molecule has 9 heteroatoms. The Morgan fingerprint density at radius 2 is 1.81 bits per heavy atom. The highest BCUT2D eigenvalue weighted by Gasteiger charge is 2.31. The molecule has 146 valence electrons. The van der Waals surface area contributed by atoms with E-state index in [9.17, 15) is 19.5 Å². The largest absolute Gasteiger partial charge is 0.391 e. The average Bonchev–Trinajstić information content (AvgIpc) is 3.10. The van der Waals surface area contributed by atoms with Gasteiger partial charge >= 0.3 is 0 Å². The van der Waals surface area contributed by atoms with Gasteiger partial charge in [0.05, 0.1) is 18.1 Å². The van der Waals surface area contributed by atoms with Crippen molar-refractivity contribution < 1.29 is 19.5 Å². The van der Waals surface area contributed by atoms with Crippen molar-refractivity contribution in [2.24, 2.45) is 11.5 Å². The first-order valence-corrected chi connectivity index (χ1v) is 9.42. The second kappa shape index (κ2) is 11.0. The van der Waals surface area contributed by atoms with Crippen molar-refractivity contribution in [3.63, 3.8) is 0 Å². The summed E-state index contributed by atoms with van der Waals surface area (Å²) in [6.45, 7) is 3.29. The maximum atomic E-state index is 12.7. The Hall–Kier alpha value is -1.81. The maximum Gasteiger partial charge on any atom is 0.245 e. The number of carbonyl (C=O) groups excluding carboxylic acids is 3. The number of nitrogens with two attached hydrogens (primary N) is 2. The minimum Gasteiger partial charge on any atom is -0.391 e. The van der Waals surface area contributed by atoms with Gasteiger partial charge in [-0.05, 0) is 51.2 Å². The third-order valence-corrected chi connectivity index (χ3v) is 4.97. The lowest BCUT2D eigenvalue weighted by atomic mass is 10.0. The highest BCUT2D eigenvalue weighted by Crippen LogP contribution is 2.24. The van der Waals surface area contributed by atoms with Crippen molar-refractivity contribution >= 4 is 28.9 Å². The Morgan fingerprint density at radius 1 is 1.15 bits per heavy atom. The number of ketones is 1. The summed E-state index contributed by atoms with van der Waals surface area (Å²) in [5.41, 5.74) is 11.1. The Bertz CT molecular complexity index is 592. The van der Waals surface area contributed by atoms with E-state index in [1.165, 1.54) is 25.2 Å². The van der Waals surface area contributed by atoms with E-state index >= 15 is 0 Å². The van der Waals surface area contributed by atoms with E-state index < -0.39 is 35.9 Å². The fourth-order valence-electron chi connectivity index (χ4n) is 2.52. The molecule has 0 aliphatic carbocycles. The summed E-state index contributed by atoms with van der Waals surface area (Å²) in [7, 11) is 0. The molecular formula is C17H28N4O4S. The van der Waals surface area contributed by atoms with E-state index in [4.69, 9.17) is 11.5 Å². The molecule has 1 aromatic heterocycles. The summed E-state index contributed by atoms with van der Waals surface area (Å²) in [6, 6.07) is 1.74. The number of aliphatic hydroxyl groups is 1. The van der Waals surface area contributed by atoms with Crippen molar-refractivity contribution in [3.8, 4) is 0 Å². The maximum absolute atomic E-state index is 12.7. The van der Waals surface area contributed by atoms with Crippen molar-refractivity contribution in [3.05, 3.63) is 22.4 Å². The monoisotopic (exact) mass is 384 g/mol. The highest BCUT2D eigenvalue weighted by molar-refractivity contribution is 7.10. The van der Waals surface area contributed by atoms with Gasteiger partial charge in [0.25, 0.3) is 0 Å². The SMILES string of the molecule is CC(=O)[C@H](CCN)NC(=O)[C@@H](NC(=O)C(CCN)c1cccs1)C(C)O. The predicted molar refractivity (Wildman–Crippen MR) is 101 cm³/mol. The number of amides is 2. The molecule has 0 saturated heterocycles. The fraction of sp³-hybridized carbons (Fsp3) is 0.588. The van der Waals surface area contributed by atoms with Crippen LogP contribution in [0.2, 0.25) is 0 Å². The minimum absolute atomic E-state index is 0.229. The predicted octanol–water partition coefficient (Wildman–Crippen LogP) is -0.531. The summed E-state index contributed by atoms with van der Waals surface area (Å²) in [6.07, 6.45) is -0.428. The van der Waals surface area contributed by atoms with Crippen LogP contribution in [0, 0.1) is 0 Å². The van der Waals surface area contributed by atoms with E-state index in [-0.39, 0.29) is 18.7 Å². The van der Waals surface area contributed by atoms with Crippen molar-refractivity contribution in [1.82, 2.24) is 10.6 Å². The van der Waals surface area contributed by atoms with Crippen LogP contribution in [0.3, 0.4) is 0 Å². The Balaban J connectivity index is 2.87. The number of carbonyl (C=O) groups is 3. The zero-order chi connectivity index (χ0) is 19.7. The van der Waals surface area contributed by atoms with Crippen LogP contribution in [0.5, 0.6) is 0 Å². The van der Waals surface area contributed by atoms with E-state index in [0.29, 0.717) is 13.0 Å². The Morgan fingerprint density at radius 3 is 2.27 bits per heavy atom. The first kappa shape index (κ1) is 22.2. The van der Waals surface area contributed by atoms with Crippen molar-refractivity contribution in [2.75, 3.05) is 13.1 Å². The first-order chi connectivity index (χ1) is 12.3. The summed E-state index contributed by atoms with van der Waals surface area (Å²) < 4.78 is 0. The van der Waals surface area contributed by atoms with Crippen LogP contribution in [0.15, 0.2) is 17.5 Å². The average molecular weight is 385 g/mol. The van der Waals surface area contributed by atoms with Gasteiger partial charge in [-0.1, -0.05) is 6.07 Å². The lowest BCUT2D eigenvalue weighted by Crippen LogP contribution is -2.56. The molecule has 7 N–H and O–H groups in total. The van der Waals surface area contributed by atoms with Crippen molar-refractivity contribution in [2.45, 2.75) is 50.8 Å². The van der Waals surface area contributed by atoms with Crippen LogP contribution in [0.25, 0.3) is 0 Å². The Labute approximate surface area is 157 Å². The zero-order valence-electron chi connectivity index (χ0n) is 15.1. The van der Waals surface area contributed by atoms with Crippen LogP contribution in [-0.4, -0.2) is 54.0 Å². The quantitative estimate of drug-likeness (QED) is 0.346. The number of thiophene rings is 1. The molecule has 2 unspecified atom stereocenters. The summed E-state index contributed by atoms with van der Waals surface area (Å²) in [5, 5.41) is 16.9. The summed E-state index contributed by atoms with van der Waals surface area (Å²) in [4.78, 5) is 37.6. The van der Waals surface area contributed by atoms with Gasteiger partial charge in [-0.3, -0.25) is 14.4 Å². The van der Waals surface area contributed by atoms with Gasteiger partial charge in [0.1, 0.15) is 6.04 Å². The fourth-order valence-corrected chi connectivity index (χ4v) is 3.38. The van der Waals surface area contributed by atoms with Gasteiger partial charge in [-0.2, -0.15) is 0 Å². The number of Topliss-reactive ketones (excluding diaryl/α,β-unsaturated/α-hetero) is 1. The molecular weight excluding hydrogens is 356 g/mol. The van der Waals surface area contributed by atoms with E-state index in [2.05, 4.69) is 10.6 Å². The molecule has 0 bridgehead atoms. The van der Waals surface area contributed by atoms with Crippen LogP contribution in [-0.2, 0) is 14.4 Å². The second-order valence-corrected chi connectivity index (χ2v) is 7.10. The molecule has 0 spiro atoms. The summed E-state index contributed by atoms with van der Waals surface area (Å²) >= 11 is 1.43. The molecule has 0 aliphatic heterocycles. The number of nitrogens with one attached hydrogen (secondary N) is 2. The molecule has 2 amide bonds. The third kappa shape index (κ3) is 6.49. The van der Waals surface area contributed by atoms with Gasteiger partial charge in [0, 0.05) is 4.88 Å². The topological polar surface area (TPSA) is 148 Å². The van der Waals surface area contributed by atoms with E-state index in [0.717, 1.165) is 4.88 Å². The van der Waals surface area contributed by atoms with Gasteiger partial charge in [0.15, 0.2) is 5.78 Å². The second-order valence-electron chi connectivity index (χ2n) is 6.12. The lowest BCUT2D eigenvalue weighted by Gasteiger charge is -2.25. The number of rotatable bonds is 11. The molecule has 4 atom stereocenters. The third-order valence-electron chi connectivity index (χ3n) is 3.98. The molecule has 1 heterocycles.